The molecule has 0 saturated heterocycles. The molecule has 0 aliphatic heterocycles. The minimum absolute atomic E-state index is 0.0408. The molecule has 158 valence electrons. The molecule has 4 rings (SSSR count). The second kappa shape index (κ2) is 9.31. The van der Waals surface area contributed by atoms with Gasteiger partial charge in [-0.2, -0.15) is 0 Å². The zero-order valence-electron chi connectivity index (χ0n) is 17.7. The summed E-state index contributed by atoms with van der Waals surface area (Å²) in [7, 11) is 0. The van der Waals surface area contributed by atoms with E-state index in [1.807, 2.05) is 71.6 Å². The molecule has 0 aromatic heterocycles. The second-order valence-electron chi connectivity index (χ2n) is 7.58. The smallest absolute Gasteiger partial charge is 0.150 e. The fourth-order valence-corrected chi connectivity index (χ4v) is 3.92. The highest BCUT2D eigenvalue weighted by Gasteiger charge is 2.23. The minimum atomic E-state index is -0.619. The first kappa shape index (κ1) is 21.1. The zero-order valence-corrected chi connectivity index (χ0v) is 17.7. The Balaban J connectivity index is 1.78. The molecule has 0 fully saturated rings. The van der Waals surface area contributed by atoms with Crippen molar-refractivity contribution in [3.05, 3.63) is 120 Å². The van der Waals surface area contributed by atoms with Crippen LogP contribution in [0.4, 0.5) is 17.1 Å². The summed E-state index contributed by atoms with van der Waals surface area (Å²) in [6, 6.07) is 32.1. The van der Waals surface area contributed by atoms with Crippen LogP contribution in [0.2, 0.25) is 0 Å². The van der Waals surface area contributed by atoms with Crippen LogP contribution in [0.25, 0.3) is 0 Å². The van der Waals surface area contributed by atoms with E-state index < -0.39 is 5.92 Å². The van der Waals surface area contributed by atoms with Gasteiger partial charge < -0.3 is 10.0 Å². The van der Waals surface area contributed by atoms with Gasteiger partial charge in [0.05, 0.1) is 5.92 Å². The standard InChI is InChI=1S/C28H23NO3/c1-20(31)28(22-14-12-21(19-30)13-15-22)26-17-16-25(18-27(26)32)29(23-8-4-2-5-9-23)24-10-6-3-7-11-24/h2-19,28,32H,1H3. The SMILES string of the molecule is CC(=O)C(c1ccc(C=O)cc1)c1ccc(N(c2ccccc2)c2ccccc2)cc1O. The molecule has 0 amide bonds. The molecule has 0 spiro atoms. The van der Waals surface area contributed by atoms with Gasteiger partial charge in [-0.25, -0.2) is 0 Å². The largest absolute Gasteiger partial charge is 0.508 e. The van der Waals surface area contributed by atoms with E-state index >= 15 is 0 Å². The zero-order chi connectivity index (χ0) is 22.5. The number of aromatic hydroxyl groups is 1. The number of nitrogens with zero attached hydrogens (tertiary/aromatic N) is 1. The molecule has 4 aromatic carbocycles. The van der Waals surface area contributed by atoms with E-state index in [2.05, 4.69) is 0 Å². The summed E-state index contributed by atoms with van der Waals surface area (Å²) in [5.41, 5.74) is 4.49. The van der Waals surface area contributed by atoms with Crippen molar-refractivity contribution in [2.75, 3.05) is 4.90 Å². The van der Waals surface area contributed by atoms with Crippen molar-refractivity contribution in [3.8, 4) is 5.75 Å². The van der Waals surface area contributed by atoms with Gasteiger partial charge in [-0.1, -0.05) is 66.7 Å². The van der Waals surface area contributed by atoms with E-state index in [1.165, 1.54) is 6.92 Å². The monoisotopic (exact) mass is 421 g/mol. The van der Waals surface area contributed by atoms with Crippen molar-refractivity contribution < 1.29 is 14.7 Å². The Labute approximate surface area is 187 Å². The van der Waals surface area contributed by atoms with Gasteiger partial charge in [-0.05, 0) is 42.8 Å². The van der Waals surface area contributed by atoms with Gasteiger partial charge in [0.15, 0.2) is 0 Å². The predicted octanol–water partition coefficient (Wildman–Crippen LogP) is 6.40. The van der Waals surface area contributed by atoms with Crippen molar-refractivity contribution in [2.24, 2.45) is 0 Å². The molecule has 0 aliphatic rings. The molecule has 0 bridgehead atoms. The number of phenols is 1. The first-order valence-electron chi connectivity index (χ1n) is 10.4. The van der Waals surface area contributed by atoms with E-state index in [9.17, 15) is 14.7 Å². The van der Waals surface area contributed by atoms with E-state index in [4.69, 9.17) is 0 Å². The number of benzene rings is 4. The topological polar surface area (TPSA) is 57.6 Å². The van der Waals surface area contributed by atoms with Crippen LogP contribution in [-0.2, 0) is 4.79 Å². The molecule has 0 radical (unpaired) electrons. The highest BCUT2D eigenvalue weighted by molar-refractivity contribution is 5.88. The third kappa shape index (κ3) is 4.30. The fraction of sp³-hybridized carbons (Fsp3) is 0.0714. The molecule has 1 N–H and O–H groups in total. The minimum Gasteiger partial charge on any atom is -0.508 e. The molecule has 1 atom stereocenters. The van der Waals surface area contributed by atoms with Crippen LogP contribution in [0, 0.1) is 0 Å². The molecule has 0 heterocycles. The average Bonchev–Trinajstić information content (AvgIpc) is 2.82. The van der Waals surface area contributed by atoms with Crippen LogP contribution < -0.4 is 4.90 Å². The van der Waals surface area contributed by atoms with Gasteiger partial charge >= 0.3 is 0 Å². The molecule has 32 heavy (non-hydrogen) atoms. The lowest BCUT2D eigenvalue weighted by Crippen LogP contribution is -2.13. The van der Waals surface area contributed by atoms with Crippen molar-refractivity contribution >= 4 is 29.1 Å². The number of carbonyl (C=O) groups is 2. The van der Waals surface area contributed by atoms with Crippen LogP contribution in [0.5, 0.6) is 5.75 Å². The highest BCUT2D eigenvalue weighted by atomic mass is 16.3. The number of Topliss-reactive ketones (excluding diaryl/α,β-unsaturated/α-hetero) is 1. The number of anilines is 3. The Kier molecular flexibility index (Phi) is 6.13. The number of para-hydroxylation sites is 2. The first-order valence-corrected chi connectivity index (χ1v) is 10.4. The van der Waals surface area contributed by atoms with Gasteiger partial charge in [0.25, 0.3) is 0 Å². The Hall–Kier alpha value is -4.18. The molecule has 4 nitrogen and oxygen atoms in total. The Bertz CT molecular complexity index is 1180. The average molecular weight is 421 g/mol. The van der Waals surface area contributed by atoms with Crippen molar-refractivity contribution in [1.29, 1.82) is 0 Å². The Morgan fingerprint density at radius 1 is 0.781 bits per heavy atom. The van der Waals surface area contributed by atoms with Gasteiger partial charge in [0, 0.05) is 34.3 Å². The third-order valence-electron chi connectivity index (χ3n) is 5.42. The molecule has 4 aromatic rings. The molecule has 0 saturated carbocycles. The summed E-state index contributed by atoms with van der Waals surface area (Å²) in [5, 5.41) is 11.0. The summed E-state index contributed by atoms with van der Waals surface area (Å²) in [6.07, 6.45) is 0.764. The van der Waals surface area contributed by atoms with Crippen LogP contribution in [-0.4, -0.2) is 17.2 Å². The van der Waals surface area contributed by atoms with Gasteiger partial charge in [-0.3, -0.25) is 9.59 Å². The van der Waals surface area contributed by atoms with E-state index in [0.29, 0.717) is 11.1 Å². The number of carbonyl (C=O) groups excluding carboxylic acids is 2. The van der Waals surface area contributed by atoms with Crippen LogP contribution in [0.1, 0.15) is 34.3 Å². The quantitative estimate of drug-likeness (QED) is 0.351. The van der Waals surface area contributed by atoms with Crippen molar-refractivity contribution in [2.45, 2.75) is 12.8 Å². The first-order chi connectivity index (χ1) is 15.6. The number of hydrogen-bond donors (Lipinski definition) is 1. The predicted molar refractivity (Wildman–Crippen MR) is 127 cm³/mol. The summed E-state index contributed by atoms with van der Waals surface area (Å²) < 4.78 is 0. The van der Waals surface area contributed by atoms with Crippen LogP contribution >= 0.6 is 0 Å². The lowest BCUT2D eigenvalue weighted by molar-refractivity contribution is -0.117. The highest BCUT2D eigenvalue weighted by Crippen LogP contribution is 2.39. The van der Waals surface area contributed by atoms with E-state index in [0.717, 1.165) is 28.9 Å². The third-order valence-corrected chi connectivity index (χ3v) is 5.42. The normalized spacial score (nSPS) is 11.5. The van der Waals surface area contributed by atoms with E-state index in [1.54, 1.807) is 36.4 Å². The summed E-state index contributed by atoms with van der Waals surface area (Å²) in [4.78, 5) is 25.5. The van der Waals surface area contributed by atoms with E-state index in [-0.39, 0.29) is 11.5 Å². The molecular weight excluding hydrogens is 398 g/mol. The van der Waals surface area contributed by atoms with Gasteiger partial charge in [-0.15, -0.1) is 0 Å². The summed E-state index contributed by atoms with van der Waals surface area (Å²) in [5.74, 6) is -0.666. The second-order valence-corrected chi connectivity index (χ2v) is 7.58. The molecule has 4 heteroatoms. The Morgan fingerprint density at radius 3 is 1.81 bits per heavy atom. The molecular formula is C28H23NO3. The van der Waals surface area contributed by atoms with Crippen LogP contribution in [0.15, 0.2) is 103 Å². The number of aldehydes is 1. The van der Waals surface area contributed by atoms with Crippen molar-refractivity contribution in [1.82, 2.24) is 0 Å². The van der Waals surface area contributed by atoms with Crippen LogP contribution in [0.3, 0.4) is 0 Å². The lowest BCUT2D eigenvalue weighted by Gasteiger charge is -2.26. The number of ketones is 1. The fourth-order valence-electron chi connectivity index (χ4n) is 3.92. The number of hydrogen-bond acceptors (Lipinski definition) is 4. The van der Waals surface area contributed by atoms with Gasteiger partial charge in [0.2, 0.25) is 0 Å². The molecule has 0 aliphatic carbocycles. The maximum Gasteiger partial charge on any atom is 0.150 e. The van der Waals surface area contributed by atoms with Gasteiger partial charge in [0.1, 0.15) is 17.8 Å². The summed E-state index contributed by atoms with van der Waals surface area (Å²) in [6.45, 7) is 1.51. The van der Waals surface area contributed by atoms with Crippen molar-refractivity contribution in [3.63, 3.8) is 0 Å². The maximum atomic E-state index is 12.5. The maximum absolute atomic E-state index is 12.5. The Morgan fingerprint density at radius 2 is 1.34 bits per heavy atom. The lowest BCUT2D eigenvalue weighted by atomic mass is 9.87. The number of rotatable bonds is 7. The number of phenolic OH excluding ortho intramolecular Hbond substituents is 1. The summed E-state index contributed by atoms with van der Waals surface area (Å²) >= 11 is 0. The molecule has 1 unspecified atom stereocenters.